The summed E-state index contributed by atoms with van der Waals surface area (Å²) < 4.78 is 106. The van der Waals surface area contributed by atoms with Crippen LogP contribution in [0.5, 0.6) is 0 Å². The van der Waals surface area contributed by atoms with Crippen molar-refractivity contribution in [3.8, 4) is 0 Å². The molecule has 0 bridgehead atoms. The molecule has 10 aromatic rings. The molecule has 1 aliphatic carbocycles. The van der Waals surface area contributed by atoms with Gasteiger partial charge in [0.1, 0.15) is 39.1 Å². The van der Waals surface area contributed by atoms with Crippen LogP contribution in [0.25, 0.3) is 0 Å². The summed E-state index contributed by atoms with van der Waals surface area (Å²) in [6.07, 6.45) is 4.56. The monoisotopic (exact) mass is 2200 g/mol. The van der Waals surface area contributed by atoms with Crippen molar-refractivity contribution in [3.63, 3.8) is 0 Å². The molecule has 0 amide bonds. The molecule has 0 aliphatic heterocycles. The summed E-state index contributed by atoms with van der Waals surface area (Å²) in [6, 6.07) is 77.2. The molecule has 1 atom stereocenters. The second-order valence-electron chi connectivity index (χ2n) is 23.3. The van der Waals surface area contributed by atoms with Gasteiger partial charge in [0.2, 0.25) is 0 Å². The second kappa shape index (κ2) is 41.8. The molecule has 18 heteroatoms. The maximum absolute atomic E-state index is 14.7. The average molecular weight is 2200 g/mol. The van der Waals surface area contributed by atoms with E-state index in [1.807, 2.05) is 97.1 Å². The summed E-state index contributed by atoms with van der Waals surface area (Å²) in [5, 5.41) is 0. The third-order valence-corrected chi connectivity index (χ3v) is 16.4. The number of aromatic nitrogens is 5. The van der Waals surface area contributed by atoms with E-state index in [1.54, 1.807) is 60.7 Å². The van der Waals surface area contributed by atoms with Crippen molar-refractivity contribution in [2.45, 2.75) is 135 Å². The summed E-state index contributed by atoms with van der Waals surface area (Å²) in [7, 11) is 0. The zero-order chi connectivity index (χ0) is 65.5. The van der Waals surface area contributed by atoms with Gasteiger partial charge >= 0.3 is 0 Å². The predicted octanol–water partition coefficient (Wildman–Crippen LogP) is 19.9. The van der Waals surface area contributed by atoms with Gasteiger partial charge in [-0.2, -0.15) is 172 Å². The van der Waals surface area contributed by atoms with Gasteiger partial charge in [-0.1, -0.05) is 90.3 Å². The molecule has 5 heterocycles. The largest absolute Gasteiger partial charge is 0.293 e. The molecule has 0 saturated heterocycles. The van der Waals surface area contributed by atoms with Crippen molar-refractivity contribution in [2.75, 3.05) is 0 Å². The van der Waals surface area contributed by atoms with E-state index in [1.165, 1.54) is 67.8 Å². The van der Waals surface area contributed by atoms with Gasteiger partial charge in [-0.3, -0.25) is 19.9 Å². The Hall–Kier alpha value is -5.46. The Labute approximate surface area is 629 Å². The quantitative estimate of drug-likeness (QED) is 0.0671. The molecule has 5 aromatic carbocycles. The second-order valence-corrected chi connectivity index (χ2v) is 23.3. The molecule has 1 fully saturated rings. The molecule has 1 unspecified atom stereocenters. The van der Waals surface area contributed by atoms with Crippen molar-refractivity contribution in [3.05, 3.63) is 327 Å². The molecule has 0 spiro atoms. The van der Waals surface area contributed by atoms with Crippen LogP contribution in [-0.2, 0) is 162 Å². The van der Waals surface area contributed by atoms with E-state index in [-0.39, 0.29) is 139 Å². The van der Waals surface area contributed by atoms with E-state index in [9.17, 15) is 35.1 Å². The Morgan fingerprint density at radius 2 is 0.708 bits per heavy atom. The van der Waals surface area contributed by atoms with Gasteiger partial charge in [0.05, 0.1) is 34.2 Å². The molecule has 5 radical (unpaired) electrons. The first-order valence-corrected chi connectivity index (χ1v) is 30.4. The Balaban J connectivity index is 0.000000404. The Morgan fingerprint density at radius 3 is 1.12 bits per heavy atom. The summed E-state index contributed by atoms with van der Waals surface area (Å²) in [6.45, 7) is 11.2. The molecule has 1 saturated carbocycles. The van der Waals surface area contributed by atoms with Crippen molar-refractivity contribution in [1.29, 1.82) is 0 Å². The van der Waals surface area contributed by atoms with E-state index in [4.69, 9.17) is 0 Å². The number of halogens is 8. The minimum atomic E-state index is -3.26. The van der Waals surface area contributed by atoms with Crippen molar-refractivity contribution >= 4 is 0 Å². The Morgan fingerprint density at radius 1 is 0.365 bits per heavy atom. The van der Waals surface area contributed by atoms with Crippen molar-refractivity contribution in [1.82, 2.24) is 24.9 Å². The third-order valence-electron chi connectivity index (χ3n) is 16.4. The number of rotatable bonds is 17. The Bertz CT molecular complexity index is 3550. The number of nitrogens with zero attached hydrogens (tertiary/aromatic N) is 5. The van der Waals surface area contributed by atoms with Crippen LogP contribution in [0, 0.1) is 42.2 Å². The topological polar surface area (TPSA) is 64.5 Å². The third kappa shape index (κ3) is 22.0. The fourth-order valence-corrected chi connectivity index (χ4v) is 11.5. The molecule has 11 rings (SSSR count). The molecular formula is C78H76F8Ir5N5-5. The minimum Gasteiger partial charge on any atom is -0.254 e. The first-order chi connectivity index (χ1) is 43.8. The summed E-state index contributed by atoms with van der Waals surface area (Å²) in [5.74, 6) is -2.59. The standard InChI is InChI=1S/C19H23FN.C17H17FN.C15H15FN.C14H12F2N.C13H9F3N.5Ir/c1-14(2)19(15(3)4,16-9-6-5-7-10-16)18-12-8-11-17(13-20)21-18;18-13-15-9-6-10-16(19-15)17(11-4-5-12-17)14-7-2-1-3-8-14;1-15(2,12-7-4-3-5-8-12)14-10-6-9-13(11-16)17-14;1-14(16,11-6-3-2-4-7-11)13-9-5-8-12(10-15)17-13;14-9-11-7-4-8-12(17-11)13(15,16)10-5-2-1-3-6-10;;;;;/h5-9,11-12,14-15H,13H2,1-4H3;1-3,6-7,9-10H,4-5,11-13H2;3-7,9-10H,11H2,1-2H3;2-6,8-9H,10H2,1H3;1-5,7-8H,9H2;;;;;/q5*-1;;;;;. The molecule has 1 aliphatic rings. The maximum atomic E-state index is 14.7. The van der Waals surface area contributed by atoms with Crippen molar-refractivity contribution in [2.24, 2.45) is 11.8 Å². The number of hydrogen-bond donors (Lipinski definition) is 0. The smallest absolute Gasteiger partial charge is 0.254 e. The van der Waals surface area contributed by atoms with E-state index < -0.39 is 50.7 Å². The molecule has 96 heavy (non-hydrogen) atoms. The van der Waals surface area contributed by atoms with Gasteiger partial charge in [0, 0.05) is 134 Å². The molecular weight excluding hydrogens is 2120 g/mol. The summed E-state index contributed by atoms with van der Waals surface area (Å²) >= 11 is 0. The fraction of sp³-hybridized carbons (Fsp3) is 0.295. The van der Waals surface area contributed by atoms with Crippen molar-refractivity contribution < 1.29 is 136 Å². The first kappa shape index (κ1) is 86.6. The van der Waals surface area contributed by atoms with Crippen LogP contribution in [0.3, 0.4) is 0 Å². The van der Waals surface area contributed by atoms with Crippen LogP contribution in [-0.4, -0.2) is 24.9 Å². The van der Waals surface area contributed by atoms with Gasteiger partial charge in [0.15, 0.2) is 5.67 Å². The molecule has 5 nitrogen and oxygen atoms in total. The zero-order valence-electron chi connectivity index (χ0n) is 54.2. The van der Waals surface area contributed by atoms with Gasteiger partial charge in [-0.05, 0) is 92.3 Å². The predicted molar refractivity (Wildman–Crippen MR) is 344 cm³/mol. The number of alkyl halides is 8. The van der Waals surface area contributed by atoms with Gasteiger partial charge in [-0.15, -0.1) is 11.1 Å². The Kier molecular flexibility index (Phi) is 37.7. The first-order valence-electron chi connectivity index (χ1n) is 30.4. The van der Waals surface area contributed by atoms with Gasteiger partial charge in [-0.25, -0.2) is 31.3 Å². The molecule has 519 valence electrons. The normalized spacial score (nSPS) is 12.7. The van der Waals surface area contributed by atoms with Gasteiger partial charge < -0.3 is 0 Å². The minimum absolute atomic E-state index is 0. The van der Waals surface area contributed by atoms with Crippen LogP contribution in [0.4, 0.5) is 35.1 Å². The van der Waals surface area contributed by atoms with E-state index in [0.29, 0.717) is 34.5 Å². The SMILES string of the molecule is CC(C)(c1[c-]cccc1)c1cccc(CF)n1.CC(C)C(c1[c-]cccc1)(c1cccc(CF)n1)C(C)C.CC(F)(c1[c-]cccc1)c1cccc(CF)n1.FCc1cccc(C(F)(F)c2[c-]cccc2)n1.FCc1cccc(C2(c3[c-]cccc3)CCCC2)n1.[Ir].[Ir].[Ir].[Ir].[Ir]. The van der Waals surface area contributed by atoms with Crippen LogP contribution in [0.1, 0.15) is 159 Å². The zero-order valence-corrected chi connectivity index (χ0v) is 66.1. The van der Waals surface area contributed by atoms with Crippen LogP contribution >= 0.6 is 0 Å². The van der Waals surface area contributed by atoms with Crippen LogP contribution in [0.2, 0.25) is 0 Å². The van der Waals surface area contributed by atoms with Gasteiger partial charge in [0.25, 0.3) is 5.92 Å². The van der Waals surface area contributed by atoms with E-state index in [0.717, 1.165) is 41.1 Å². The molecule has 5 aromatic heterocycles. The number of benzene rings is 5. The van der Waals surface area contributed by atoms with Crippen LogP contribution in [0.15, 0.2) is 212 Å². The van der Waals surface area contributed by atoms with E-state index >= 15 is 0 Å². The maximum Gasteiger partial charge on any atom is 0.293 e. The van der Waals surface area contributed by atoms with Crippen LogP contribution < -0.4 is 0 Å². The fourth-order valence-electron chi connectivity index (χ4n) is 11.5. The summed E-state index contributed by atoms with van der Waals surface area (Å²) in [5.41, 5.74) is 5.44. The number of pyridine rings is 5. The van der Waals surface area contributed by atoms with E-state index in [2.05, 4.69) is 109 Å². The average Bonchev–Trinajstić information content (AvgIpc) is 0.828. The number of hydrogen-bond acceptors (Lipinski definition) is 5. The molecule has 0 N–H and O–H groups in total. The summed E-state index contributed by atoms with van der Waals surface area (Å²) in [4.78, 5) is 21.0.